The van der Waals surface area contributed by atoms with Gasteiger partial charge in [0.2, 0.25) is 0 Å². The average molecular weight is 364 g/mol. The molecule has 1 aliphatic carbocycles. The zero-order valence-corrected chi connectivity index (χ0v) is 14.0. The summed E-state index contributed by atoms with van der Waals surface area (Å²) in [6.07, 6.45) is -0.162. The summed E-state index contributed by atoms with van der Waals surface area (Å²) in [7, 11) is -4.07. The number of carboxylic acids is 1. The number of halogens is 3. The molecule has 0 unspecified atom stereocenters. The quantitative estimate of drug-likeness (QED) is 0.861. The van der Waals surface area contributed by atoms with E-state index in [2.05, 4.69) is 0 Å². The Morgan fingerprint density at radius 2 is 1.88 bits per heavy atom. The smallest absolute Gasteiger partial charge is 0.417 e. The fraction of sp³-hybridized carbons (Fsp3) is 0.562. The van der Waals surface area contributed by atoms with Gasteiger partial charge in [0.05, 0.1) is 16.4 Å². The van der Waals surface area contributed by atoms with Crippen LogP contribution in [0.15, 0.2) is 23.1 Å². The summed E-state index contributed by atoms with van der Waals surface area (Å²) in [6, 6.07) is 2.71. The first-order valence-electron chi connectivity index (χ1n) is 7.64. The van der Waals surface area contributed by atoms with E-state index in [0.717, 1.165) is 31.7 Å². The fourth-order valence-corrected chi connectivity index (χ4v) is 4.16. The number of rotatable bonds is 5. The van der Waals surface area contributed by atoms with Gasteiger partial charge in [-0.2, -0.15) is 13.2 Å². The number of sulfone groups is 1. The van der Waals surface area contributed by atoms with Gasteiger partial charge in [-0.1, -0.05) is 31.7 Å². The molecule has 0 spiro atoms. The van der Waals surface area contributed by atoms with Gasteiger partial charge in [0, 0.05) is 6.26 Å². The Hall–Kier alpha value is -1.57. The van der Waals surface area contributed by atoms with Crippen LogP contribution in [0, 0.1) is 5.92 Å². The number of hydrogen-bond acceptors (Lipinski definition) is 3. The Labute approximate surface area is 138 Å². The summed E-state index contributed by atoms with van der Waals surface area (Å²) in [5, 5.41) is 9.41. The minimum absolute atomic E-state index is 0.00544. The first-order chi connectivity index (χ1) is 11.0. The van der Waals surface area contributed by atoms with Crippen molar-refractivity contribution in [3.8, 4) is 0 Å². The predicted octanol–water partition coefficient (Wildman–Crippen LogP) is 3.86. The molecular formula is C16H19F3O4S. The Morgan fingerprint density at radius 1 is 1.29 bits per heavy atom. The van der Waals surface area contributed by atoms with Gasteiger partial charge in [-0.05, 0) is 30.0 Å². The van der Waals surface area contributed by atoms with Crippen LogP contribution < -0.4 is 0 Å². The zero-order chi connectivity index (χ0) is 18.1. The van der Waals surface area contributed by atoms with Crippen molar-refractivity contribution in [3.05, 3.63) is 29.3 Å². The average Bonchev–Trinajstić information content (AvgIpc) is 2.95. The van der Waals surface area contributed by atoms with E-state index in [1.807, 2.05) is 0 Å². The van der Waals surface area contributed by atoms with Crippen LogP contribution in [0.5, 0.6) is 0 Å². The van der Waals surface area contributed by atoms with Crippen LogP contribution in [0.2, 0.25) is 0 Å². The fourth-order valence-electron chi connectivity index (χ4n) is 3.27. The normalized spacial score (nSPS) is 17.8. The van der Waals surface area contributed by atoms with Gasteiger partial charge in [-0.25, -0.2) is 8.42 Å². The second-order valence-corrected chi connectivity index (χ2v) is 8.29. The van der Waals surface area contributed by atoms with Crippen LogP contribution in [0.3, 0.4) is 0 Å². The van der Waals surface area contributed by atoms with Crippen molar-refractivity contribution in [3.63, 3.8) is 0 Å². The van der Waals surface area contributed by atoms with Gasteiger partial charge in [0.25, 0.3) is 0 Å². The summed E-state index contributed by atoms with van der Waals surface area (Å²) in [6.45, 7) is 0. The van der Waals surface area contributed by atoms with E-state index in [4.69, 9.17) is 0 Å². The van der Waals surface area contributed by atoms with Crippen molar-refractivity contribution >= 4 is 15.8 Å². The van der Waals surface area contributed by atoms with Crippen LogP contribution in [-0.4, -0.2) is 25.7 Å². The second-order valence-electron chi connectivity index (χ2n) is 6.30. The molecule has 0 radical (unpaired) electrons. The molecule has 0 aliphatic heterocycles. The third-order valence-corrected chi connectivity index (χ3v) is 5.61. The molecule has 134 valence electrons. The molecule has 1 aliphatic rings. The highest BCUT2D eigenvalue weighted by molar-refractivity contribution is 7.90. The van der Waals surface area contributed by atoms with Crippen LogP contribution in [0.4, 0.5) is 13.2 Å². The third-order valence-electron chi connectivity index (χ3n) is 4.45. The first-order valence-corrected chi connectivity index (χ1v) is 9.53. The molecule has 24 heavy (non-hydrogen) atoms. The van der Waals surface area contributed by atoms with Crippen molar-refractivity contribution in [2.45, 2.75) is 49.1 Å². The maximum Gasteiger partial charge on any atom is 0.417 e. The van der Waals surface area contributed by atoms with Crippen molar-refractivity contribution in [1.29, 1.82) is 0 Å². The lowest BCUT2D eigenvalue weighted by molar-refractivity contribution is -0.141. The Kier molecular flexibility index (Phi) is 5.27. The number of aliphatic carboxylic acids is 1. The maximum absolute atomic E-state index is 13.2. The molecular weight excluding hydrogens is 345 g/mol. The lowest BCUT2D eigenvalue weighted by atomic mass is 9.87. The molecule has 0 bridgehead atoms. The van der Waals surface area contributed by atoms with Gasteiger partial charge in [-0.15, -0.1) is 0 Å². The van der Waals surface area contributed by atoms with Crippen LogP contribution in [-0.2, 0) is 20.8 Å². The molecule has 2 rings (SSSR count). The molecule has 1 fully saturated rings. The minimum atomic E-state index is -4.87. The van der Waals surface area contributed by atoms with Crippen molar-refractivity contribution < 1.29 is 31.5 Å². The number of carbonyl (C=O) groups is 1. The van der Waals surface area contributed by atoms with Gasteiger partial charge in [0.1, 0.15) is 0 Å². The monoisotopic (exact) mass is 364 g/mol. The highest BCUT2D eigenvalue weighted by Crippen LogP contribution is 2.39. The summed E-state index contributed by atoms with van der Waals surface area (Å²) >= 11 is 0. The largest absolute Gasteiger partial charge is 0.481 e. The third kappa shape index (κ3) is 4.28. The molecule has 4 nitrogen and oxygen atoms in total. The standard InChI is InChI=1S/C16H19F3O4S/c1-24(22,23)14-7-6-11(9-13(14)16(17,18)19)12(15(20)21)8-10-4-2-3-5-10/h6-7,9-10,12H,2-5,8H2,1H3,(H,20,21)/t12-/m1/s1. The molecule has 0 saturated heterocycles. The molecule has 0 amide bonds. The van der Waals surface area contributed by atoms with E-state index in [1.54, 1.807) is 0 Å². The lowest BCUT2D eigenvalue weighted by Crippen LogP contribution is -2.18. The first kappa shape index (κ1) is 18.8. The van der Waals surface area contributed by atoms with Crippen LogP contribution in [0.25, 0.3) is 0 Å². The molecule has 8 heteroatoms. The zero-order valence-electron chi connectivity index (χ0n) is 13.1. The lowest BCUT2D eigenvalue weighted by Gasteiger charge is -2.19. The van der Waals surface area contributed by atoms with Gasteiger partial charge in [0.15, 0.2) is 9.84 Å². The Balaban J connectivity index is 2.46. The molecule has 1 N–H and O–H groups in total. The SMILES string of the molecule is CS(=O)(=O)c1ccc([C@@H](CC2CCCC2)C(=O)O)cc1C(F)(F)F. The second kappa shape index (κ2) is 6.74. The van der Waals surface area contributed by atoms with Crippen molar-refractivity contribution in [2.75, 3.05) is 6.26 Å². The van der Waals surface area contributed by atoms with Gasteiger partial charge < -0.3 is 5.11 Å². The summed E-state index contributed by atoms with van der Waals surface area (Å²) in [5.41, 5.74) is -1.31. The van der Waals surface area contributed by atoms with Crippen LogP contribution >= 0.6 is 0 Å². The summed E-state index contributed by atoms with van der Waals surface area (Å²) < 4.78 is 62.8. The molecule has 1 saturated carbocycles. The Bertz CT molecular complexity index is 719. The number of hydrogen-bond donors (Lipinski definition) is 1. The molecule has 0 aromatic heterocycles. The van der Waals surface area contributed by atoms with Gasteiger partial charge >= 0.3 is 12.1 Å². The van der Waals surface area contributed by atoms with Crippen molar-refractivity contribution in [1.82, 2.24) is 0 Å². The van der Waals surface area contributed by atoms with E-state index in [9.17, 15) is 31.5 Å². The van der Waals surface area contributed by atoms with E-state index in [-0.39, 0.29) is 17.9 Å². The van der Waals surface area contributed by atoms with E-state index in [1.165, 1.54) is 6.07 Å². The molecule has 0 heterocycles. The maximum atomic E-state index is 13.2. The topological polar surface area (TPSA) is 71.4 Å². The number of carboxylic acid groups (broad SMARTS) is 1. The molecule has 1 aromatic carbocycles. The number of benzene rings is 1. The predicted molar refractivity (Wildman–Crippen MR) is 81.5 cm³/mol. The van der Waals surface area contributed by atoms with E-state index in [0.29, 0.717) is 12.3 Å². The summed E-state index contributed by atoms with van der Waals surface area (Å²) in [4.78, 5) is 10.7. The van der Waals surface area contributed by atoms with Crippen LogP contribution in [0.1, 0.15) is 49.1 Å². The van der Waals surface area contributed by atoms with E-state index < -0.39 is 38.4 Å². The van der Waals surface area contributed by atoms with Gasteiger partial charge in [-0.3, -0.25) is 4.79 Å². The molecule has 1 atom stereocenters. The Morgan fingerprint density at radius 3 is 2.33 bits per heavy atom. The van der Waals surface area contributed by atoms with E-state index >= 15 is 0 Å². The summed E-state index contributed by atoms with van der Waals surface area (Å²) in [5.74, 6) is -2.08. The highest BCUT2D eigenvalue weighted by Gasteiger charge is 2.37. The highest BCUT2D eigenvalue weighted by atomic mass is 32.2. The minimum Gasteiger partial charge on any atom is -0.481 e. The number of alkyl halides is 3. The molecule has 1 aromatic rings. The van der Waals surface area contributed by atoms with Crippen molar-refractivity contribution in [2.24, 2.45) is 5.92 Å².